The van der Waals surface area contributed by atoms with Gasteiger partial charge in [0.25, 0.3) is 5.91 Å². The number of nitrogens with zero attached hydrogens (tertiary/aromatic N) is 2. The third kappa shape index (κ3) is 3.60. The highest BCUT2D eigenvalue weighted by molar-refractivity contribution is 8.26. The highest BCUT2D eigenvalue weighted by Crippen LogP contribution is 2.36. The summed E-state index contributed by atoms with van der Waals surface area (Å²) >= 11 is 6.94. The molecule has 1 saturated heterocycles. The van der Waals surface area contributed by atoms with Crippen molar-refractivity contribution >= 4 is 39.9 Å². The van der Waals surface area contributed by atoms with Gasteiger partial charge in [-0.15, -0.1) is 0 Å². The van der Waals surface area contributed by atoms with Crippen LogP contribution in [-0.4, -0.2) is 27.7 Å². The smallest absolute Gasteiger partial charge is 0.266 e. The topological polar surface area (TPSA) is 23.6 Å². The molecule has 0 N–H and O–H groups in total. The maximum Gasteiger partial charge on any atom is 0.266 e. The molecule has 1 aromatic rings. The van der Waals surface area contributed by atoms with Crippen LogP contribution in [0.5, 0.6) is 0 Å². The van der Waals surface area contributed by atoms with Gasteiger partial charge in [0.1, 0.15) is 4.32 Å². The summed E-state index contributed by atoms with van der Waals surface area (Å²) in [5.74, 6) is 0.0931. The van der Waals surface area contributed by atoms with Crippen LogP contribution in [0.3, 0.4) is 0 Å². The molecule has 0 unspecified atom stereocenters. The Hall–Kier alpha value is -1.59. The van der Waals surface area contributed by atoms with Crippen molar-refractivity contribution in [1.82, 2.24) is 4.90 Å². The minimum Gasteiger partial charge on any atom is -0.348 e. The van der Waals surface area contributed by atoms with Gasteiger partial charge in [0.05, 0.1) is 4.91 Å². The Morgan fingerprint density at radius 2 is 1.92 bits per heavy atom. The monoisotopic (exact) mass is 384 g/mol. The average molecular weight is 385 g/mol. The van der Waals surface area contributed by atoms with E-state index in [2.05, 4.69) is 35.4 Å². The number of hydrogen-bond acceptors (Lipinski definition) is 4. The van der Waals surface area contributed by atoms with Gasteiger partial charge in [-0.2, -0.15) is 0 Å². The zero-order valence-electron chi connectivity index (χ0n) is 14.9. The molecule has 1 aliphatic carbocycles. The fourth-order valence-electron chi connectivity index (χ4n) is 4.10. The van der Waals surface area contributed by atoms with E-state index in [0.717, 1.165) is 41.5 Å². The van der Waals surface area contributed by atoms with Crippen LogP contribution in [0.1, 0.15) is 44.1 Å². The summed E-state index contributed by atoms with van der Waals surface area (Å²) in [4.78, 5) is 17.7. The van der Waals surface area contributed by atoms with Crippen molar-refractivity contribution in [1.29, 1.82) is 0 Å². The van der Waals surface area contributed by atoms with Crippen LogP contribution in [0.2, 0.25) is 0 Å². The van der Waals surface area contributed by atoms with E-state index < -0.39 is 0 Å². The van der Waals surface area contributed by atoms with Gasteiger partial charge in [-0.25, -0.2) is 0 Å². The first kappa shape index (κ1) is 17.8. The quantitative estimate of drug-likeness (QED) is 0.539. The lowest BCUT2D eigenvalue weighted by molar-refractivity contribution is -0.124. The van der Waals surface area contributed by atoms with Crippen LogP contribution in [0.25, 0.3) is 0 Å². The van der Waals surface area contributed by atoms with E-state index in [1.165, 1.54) is 42.3 Å². The third-order valence-corrected chi connectivity index (χ3v) is 6.77. The molecule has 2 aliphatic heterocycles. The molecule has 0 bridgehead atoms. The van der Waals surface area contributed by atoms with E-state index in [1.807, 2.05) is 17.1 Å². The van der Waals surface area contributed by atoms with E-state index in [4.69, 9.17) is 12.2 Å². The number of carbonyl (C=O) groups is 1. The maximum absolute atomic E-state index is 12.8. The molecule has 26 heavy (non-hydrogen) atoms. The number of benzene rings is 1. The minimum absolute atomic E-state index is 0.0931. The molecule has 4 rings (SSSR count). The molecule has 0 aromatic heterocycles. The van der Waals surface area contributed by atoms with Gasteiger partial charge >= 0.3 is 0 Å². The van der Waals surface area contributed by atoms with E-state index in [0.29, 0.717) is 6.04 Å². The van der Waals surface area contributed by atoms with Gasteiger partial charge in [0.2, 0.25) is 0 Å². The van der Waals surface area contributed by atoms with Crippen LogP contribution in [0.4, 0.5) is 5.69 Å². The first-order valence-electron chi connectivity index (χ1n) is 9.52. The molecule has 1 amide bonds. The lowest BCUT2D eigenvalue weighted by Gasteiger charge is -2.29. The molecule has 3 nitrogen and oxygen atoms in total. The summed E-state index contributed by atoms with van der Waals surface area (Å²) in [6, 6.07) is 8.86. The van der Waals surface area contributed by atoms with Crippen LogP contribution in [0.15, 0.2) is 47.5 Å². The number of para-hydroxylation sites is 1. The number of thiocarbonyl (C=S) groups is 1. The van der Waals surface area contributed by atoms with Gasteiger partial charge < -0.3 is 4.90 Å². The van der Waals surface area contributed by atoms with Crippen LogP contribution in [-0.2, 0) is 11.2 Å². The normalized spacial score (nSPS) is 23.3. The Labute approximate surface area is 165 Å². The molecule has 0 radical (unpaired) electrons. The number of fused-ring (bicyclic) bond motifs is 1. The van der Waals surface area contributed by atoms with Crippen LogP contribution < -0.4 is 4.90 Å². The predicted molar refractivity (Wildman–Crippen MR) is 113 cm³/mol. The van der Waals surface area contributed by atoms with Crippen molar-refractivity contribution in [2.24, 2.45) is 0 Å². The molecule has 2 heterocycles. The summed E-state index contributed by atoms with van der Waals surface area (Å²) in [5, 5.41) is 0. The van der Waals surface area contributed by atoms with Crippen molar-refractivity contribution in [2.75, 3.05) is 11.4 Å². The molecule has 0 spiro atoms. The van der Waals surface area contributed by atoms with E-state index in [-0.39, 0.29) is 5.91 Å². The Morgan fingerprint density at radius 1 is 1.12 bits per heavy atom. The van der Waals surface area contributed by atoms with Gasteiger partial charge in [-0.1, -0.05) is 61.4 Å². The number of allylic oxidation sites excluding steroid dienone is 2. The van der Waals surface area contributed by atoms with Crippen molar-refractivity contribution in [3.8, 4) is 0 Å². The number of thioether (sulfide) groups is 1. The van der Waals surface area contributed by atoms with Gasteiger partial charge in [0, 0.05) is 24.5 Å². The summed E-state index contributed by atoms with van der Waals surface area (Å²) < 4.78 is 0.727. The summed E-state index contributed by atoms with van der Waals surface area (Å²) in [7, 11) is 0. The van der Waals surface area contributed by atoms with Gasteiger partial charge in [-0.05, 0) is 49.5 Å². The van der Waals surface area contributed by atoms with Crippen molar-refractivity contribution < 1.29 is 4.79 Å². The number of amides is 1. The first-order chi connectivity index (χ1) is 12.7. The lowest BCUT2D eigenvalue weighted by atomic mass is 9.94. The largest absolute Gasteiger partial charge is 0.348 e. The van der Waals surface area contributed by atoms with E-state index in [9.17, 15) is 4.79 Å². The van der Waals surface area contributed by atoms with Crippen molar-refractivity contribution in [2.45, 2.75) is 51.0 Å². The standard InChI is InChI=1S/C21H24N2OS2/c24-20-19(26-21(25)23(20)17-10-2-1-3-11-17)13-7-15-22-14-6-9-16-8-4-5-12-18(16)22/h4-5,7-8,12-13,15,17H,1-3,6,9-11,14H2/b15-7+,19-13+. The second-order valence-electron chi connectivity index (χ2n) is 7.13. The highest BCUT2D eigenvalue weighted by atomic mass is 32.2. The first-order valence-corrected chi connectivity index (χ1v) is 10.7. The predicted octanol–water partition coefficient (Wildman–Crippen LogP) is 5.03. The van der Waals surface area contributed by atoms with E-state index in [1.54, 1.807) is 0 Å². The molecule has 136 valence electrons. The Morgan fingerprint density at radius 3 is 2.77 bits per heavy atom. The summed E-state index contributed by atoms with van der Waals surface area (Å²) in [6.45, 7) is 1.02. The third-order valence-electron chi connectivity index (χ3n) is 5.42. The number of hydrogen-bond donors (Lipinski definition) is 0. The molecule has 1 saturated carbocycles. The fourth-order valence-corrected chi connectivity index (χ4v) is 5.45. The van der Waals surface area contributed by atoms with Crippen molar-refractivity contribution in [3.05, 3.63) is 53.1 Å². The second kappa shape index (κ2) is 7.97. The Balaban J connectivity index is 1.47. The number of aryl methyl sites for hydroxylation is 1. The van der Waals surface area contributed by atoms with Crippen LogP contribution >= 0.6 is 24.0 Å². The summed E-state index contributed by atoms with van der Waals surface area (Å²) in [5.41, 5.74) is 2.67. The molecule has 1 aromatic carbocycles. The second-order valence-corrected chi connectivity index (χ2v) is 8.81. The van der Waals surface area contributed by atoms with Gasteiger partial charge in [-0.3, -0.25) is 9.69 Å². The molecule has 3 aliphatic rings. The number of anilines is 1. The Bertz CT molecular complexity index is 765. The zero-order chi connectivity index (χ0) is 17.9. The van der Waals surface area contributed by atoms with Gasteiger partial charge in [0.15, 0.2) is 0 Å². The molecular weight excluding hydrogens is 360 g/mol. The molecule has 2 fully saturated rings. The maximum atomic E-state index is 12.8. The van der Waals surface area contributed by atoms with Crippen molar-refractivity contribution in [3.63, 3.8) is 0 Å². The van der Waals surface area contributed by atoms with E-state index >= 15 is 0 Å². The highest BCUT2D eigenvalue weighted by Gasteiger charge is 2.37. The molecular formula is C21H24N2OS2. The summed E-state index contributed by atoms with van der Waals surface area (Å²) in [6.07, 6.45) is 14.2. The SMILES string of the molecule is O=C1/C(=C\C=C\N2CCCc3ccccc32)SC(=S)N1C1CCCCC1. The Kier molecular flexibility index (Phi) is 5.46. The zero-order valence-corrected chi connectivity index (χ0v) is 16.5. The number of carbonyl (C=O) groups excluding carboxylic acids is 1. The average Bonchev–Trinajstić information content (AvgIpc) is 2.96. The molecule has 5 heteroatoms. The van der Waals surface area contributed by atoms with Crippen LogP contribution in [0, 0.1) is 0 Å². The lowest BCUT2D eigenvalue weighted by Crippen LogP contribution is -2.39. The minimum atomic E-state index is 0.0931. The molecule has 0 atom stereocenters. The fraction of sp³-hybridized carbons (Fsp3) is 0.429. The number of rotatable bonds is 3.